The standard InChI is InChI=1S/C12H9ClINOS/c1-7-2-3-9(13)5-10(7)15-12(16)8-4-11(14)17-6-8/h2-6H,1H3,(H,15,16). The minimum absolute atomic E-state index is 0.102. The average molecular weight is 378 g/mol. The fraction of sp³-hybridized carbons (Fsp3) is 0.0833. The third kappa shape index (κ3) is 3.20. The number of halogens is 2. The van der Waals surface area contributed by atoms with Crippen molar-refractivity contribution in [1.29, 1.82) is 0 Å². The van der Waals surface area contributed by atoms with E-state index in [9.17, 15) is 4.79 Å². The van der Waals surface area contributed by atoms with Gasteiger partial charge in [0.05, 0.1) is 8.45 Å². The molecule has 0 bridgehead atoms. The predicted octanol–water partition coefficient (Wildman–Crippen LogP) is 4.57. The van der Waals surface area contributed by atoms with Crippen LogP contribution in [-0.2, 0) is 0 Å². The summed E-state index contributed by atoms with van der Waals surface area (Å²) in [5.41, 5.74) is 2.43. The lowest BCUT2D eigenvalue weighted by atomic mass is 10.2. The molecule has 0 aliphatic carbocycles. The van der Waals surface area contributed by atoms with E-state index in [-0.39, 0.29) is 5.91 Å². The van der Waals surface area contributed by atoms with Crippen LogP contribution in [0.5, 0.6) is 0 Å². The highest BCUT2D eigenvalue weighted by atomic mass is 127. The number of thiophene rings is 1. The summed E-state index contributed by atoms with van der Waals surface area (Å²) in [6.45, 7) is 1.93. The van der Waals surface area contributed by atoms with Crippen LogP contribution in [-0.4, -0.2) is 5.91 Å². The van der Waals surface area contributed by atoms with E-state index < -0.39 is 0 Å². The molecule has 17 heavy (non-hydrogen) atoms. The maximum absolute atomic E-state index is 11.9. The molecule has 0 aliphatic rings. The number of hydrogen-bond donors (Lipinski definition) is 1. The molecule has 0 radical (unpaired) electrons. The van der Waals surface area contributed by atoms with E-state index in [0.717, 1.165) is 14.1 Å². The maximum atomic E-state index is 11.9. The first-order valence-electron chi connectivity index (χ1n) is 4.88. The molecule has 2 aromatic rings. The van der Waals surface area contributed by atoms with Crippen LogP contribution in [0.15, 0.2) is 29.6 Å². The highest BCUT2D eigenvalue weighted by molar-refractivity contribution is 14.1. The van der Waals surface area contributed by atoms with E-state index in [1.807, 2.05) is 24.4 Å². The third-order valence-corrected chi connectivity index (χ3v) is 4.30. The van der Waals surface area contributed by atoms with Gasteiger partial charge in [-0.1, -0.05) is 17.7 Å². The second-order valence-electron chi connectivity index (χ2n) is 3.55. The van der Waals surface area contributed by atoms with Crippen molar-refractivity contribution in [3.8, 4) is 0 Å². The summed E-state index contributed by atoms with van der Waals surface area (Å²) in [5, 5.41) is 5.32. The first-order chi connectivity index (χ1) is 8.06. The van der Waals surface area contributed by atoms with Crippen molar-refractivity contribution >= 4 is 57.1 Å². The summed E-state index contributed by atoms with van der Waals surface area (Å²) in [7, 11) is 0. The van der Waals surface area contributed by atoms with Crippen LogP contribution >= 0.6 is 45.5 Å². The molecular formula is C12H9ClINOS. The Morgan fingerprint density at radius 1 is 1.41 bits per heavy atom. The summed E-state index contributed by atoms with van der Waals surface area (Å²) in [5.74, 6) is -0.102. The number of aryl methyl sites for hydroxylation is 1. The van der Waals surface area contributed by atoms with Gasteiger partial charge in [0.2, 0.25) is 0 Å². The molecule has 0 saturated carbocycles. The van der Waals surface area contributed by atoms with Gasteiger partial charge >= 0.3 is 0 Å². The van der Waals surface area contributed by atoms with Crippen molar-refractivity contribution in [2.75, 3.05) is 5.32 Å². The molecule has 1 amide bonds. The van der Waals surface area contributed by atoms with Gasteiger partial charge < -0.3 is 5.32 Å². The zero-order valence-electron chi connectivity index (χ0n) is 8.96. The molecule has 1 aromatic heterocycles. The van der Waals surface area contributed by atoms with E-state index in [0.29, 0.717) is 10.6 Å². The lowest BCUT2D eigenvalue weighted by molar-refractivity contribution is 0.102. The van der Waals surface area contributed by atoms with E-state index >= 15 is 0 Å². The van der Waals surface area contributed by atoms with Crippen molar-refractivity contribution in [3.63, 3.8) is 0 Å². The van der Waals surface area contributed by atoms with Crippen LogP contribution < -0.4 is 5.32 Å². The molecule has 0 aliphatic heterocycles. The lowest BCUT2D eigenvalue weighted by Gasteiger charge is -2.07. The van der Waals surface area contributed by atoms with Crippen LogP contribution in [0.3, 0.4) is 0 Å². The zero-order chi connectivity index (χ0) is 12.4. The maximum Gasteiger partial charge on any atom is 0.256 e. The number of carbonyl (C=O) groups is 1. The summed E-state index contributed by atoms with van der Waals surface area (Å²) < 4.78 is 1.09. The van der Waals surface area contributed by atoms with Gasteiger partial charge in [0.1, 0.15) is 0 Å². The molecule has 88 valence electrons. The molecule has 1 heterocycles. The molecule has 5 heteroatoms. The Labute approximate surface area is 122 Å². The lowest BCUT2D eigenvalue weighted by Crippen LogP contribution is -2.11. The van der Waals surface area contributed by atoms with E-state index in [2.05, 4.69) is 27.9 Å². The van der Waals surface area contributed by atoms with Gasteiger partial charge in [0, 0.05) is 16.1 Å². The molecule has 0 spiro atoms. The Bertz CT molecular complexity index is 567. The Balaban J connectivity index is 2.21. The smallest absolute Gasteiger partial charge is 0.256 e. The van der Waals surface area contributed by atoms with Crippen LogP contribution in [0.4, 0.5) is 5.69 Å². The van der Waals surface area contributed by atoms with E-state index in [1.54, 1.807) is 23.5 Å². The predicted molar refractivity (Wildman–Crippen MR) is 81.2 cm³/mol. The number of hydrogen-bond acceptors (Lipinski definition) is 2. The number of anilines is 1. The Morgan fingerprint density at radius 2 is 2.18 bits per heavy atom. The number of nitrogens with one attached hydrogen (secondary N) is 1. The van der Waals surface area contributed by atoms with Gasteiger partial charge in [0.15, 0.2) is 0 Å². The monoisotopic (exact) mass is 377 g/mol. The zero-order valence-corrected chi connectivity index (χ0v) is 12.7. The molecule has 2 rings (SSSR count). The average Bonchev–Trinajstić information content (AvgIpc) is 2.70. The van der Waals surface area contributed by atoms with E-state index in [4.69, 9.17) is 11.6 Å². The highest BCUT2D eigenvalue weighted by Crippen LogP contribution is 2.22. The van der Waals surface area contributed by atoms with Crippen molar-refractivity contribution in [1.82, 2.24) is 0 Å². The van der Waals surface area contributed by atoms with Gasteiger partial charge in [-0.15, -0.1) is 11.3 Å². The number of rotatable bonds is 2. The summed E-state index contributed by atoms with van der Waals surface area (Å²) in [6.07, 6.45) is 0. The Hall–Kier alpha value is -0.590. The molecule has 0 unspecified atom stereocenters. The second-order valence-corrected chi connectivity index (χ2v) is 6.79. The number of benzene rings is 1. The van der Waals surface area contributed by atoms with Gasteiger partial charge in [-0.3, -0.25) is 4.79 Å². The first kappa shape index (κ1) is 12.9. The fourth-order valence-corrected chi connectivity index (χ4v) is 2.85. The normalized spacial score (nSPS) is 10.3. The van der Waals surface area contributed by atoms with Crippen molar-refractivity contribution in [3.05, 3.63) is 48.7 Å². The number of carbonyl (C=O) groups excluding carboxylic acids is 1. The SMILES string of the molecule is Cc1ccc(Cl)cc1NC(=O)c1csc(I)c1. The van der Waals surface area contributed by atoms with Gasteiger partial charge in [0.25, 0.3) is 5.91 Å². The highest BCUT2D eigenvalue weighted by Gasteiger charge is 2.09. The van der Waals surface area contributed by atoms with Crippen LogP contribution in [0, 0.1) is 9.81 Å². The molecule has 0 atom stereocenters. The minimum atomic E-state index is -0.102. The molecule has 2 nitrogen and oxygen atoms in total. The van der Waals surface area contributed by atoms with Crippen molar-refractivity contribution < 1.29 is 4.79 Å². The minimum Gasteiger partial charge on any atom is -0.322 e. The van der Waals surface area contributed by atoms with Crippen LogP contribution in [0.1, 0.15) is 15.9 Å². The quantitative estimate of drug-likeness (QED) is 0.763. The van der Waals surface area contributed by atoms with Crippen molar-refractivity contribution in [2.45, 2.75) is 6.92 Å². The van der Waals surface area contributed by atoms with Crippen LogP contribution in [0.25, 0.3) is 0 Å². The second kappa shape index (κ2) is 5.37. The molecular weight excluding hydrogens is 369 g/mol. The molecule has 1 aromatic carbocycles. The fourth-order valence-electron chi connectivity index (χ4n) is 1.35. The van der Waals surface area contributed by atoms with Gasteiger partial charge in [-0.05, 0) is 53.3 Å². The number of amides is 1. The molecule has 1 N–H and O–H groups in total. The van der Waals surface area contributed by atoms with Crippen molar-refractivity contribution in [2.24, 2.45) is 0 Å². The van der Waals surface area contributed by atoms with Gasteiger partial charge in [-0.2, -0.15) is 0 Å². The Morgan fingerprint density at radius 3 is 2.82 bits per heavy atom. The topological polar surface area (TPSA) is 29.1 Å². The summed E-state index contributed by atoms with van der Waals surface area (Å²) in [6, 6.07) is 7.31. The largest absolute Gasteiger partial charge is 0.322 e. The molecule has 0 fully saturated rings. The summed E-state index contributed by atoms with van der Waals surface area (Å²) in [4.78, 5) is 11.9. The van der Waals surface area contributed by atoms with Crippen LogP contribution in [0.2, 0.25) is 5.02 Å². The summed E-state index contributed by atoms with van der Waals surface area (Å²) >= 11 is 9.64. The first-order valence-corrected chi connectivity index (χ1v) is 7.21. The molecule has 0 saturated heterocycles. The van der Waals surface area contributed by atoms with Gasteiger partial charge in [-0.25, -0.2) is 0 Å². The Kier molecular flexibility index (Phi) is 4.06. The third-order valence-electron chi connectivity index (χ3n) is 2.28. The van der Waals surface area contributed by atoms with E-state index in [1.165, 1.54) is 0 Å².